The maximum atomic E-state index is 14.6. The maximum absolute atomic E-state index is 14.6. The minimum atomic E-state index is -1.28. The number of carbonyl (C=O) groups is 2. The molecule has 1 aliphatic heterocycles. The van der Waals surface area contributed by atoms with Crippen LogP contribution in [0.15, 0.2) is 77.4 Å². The standard InChI is InChI=1S/C21H16FNO4/c22-16-9-5-4-8-14(16)19-18-15(10-12(21(26)27)11-17(18)24)20(25)23(19)13-6-2-1-3-7-13/h1-9,11,17,19,24H,10H2,(H,26,27). The van der Waals surface area contributed by atoms with Gasteiger partial charge in [-0.25, -0.2) is 9.18 Å². The average Bonchev–Trinajstić information content (AvgIpc) is 2.96. The first kappa shape index (κ1) is 17.2. The second-order valence-electron chi connectivity index (χ2n) is 6.49. The number of rotatable bonds is 3. The van der Waals surface area contributed by atoms with E-state index in [9.17, 15) is 24.2 Å². The molecule has 2 aromatic carbocycles. The minimum absolute atomic E-state index is 0.0446. The smallest absolute Gasteiger partial charge is 0.331 e. The van der Waals surface area contributed by atoms with Gasteiger partial charge < -0.3 is 10.2 Å². The molecule has 1 aliphatic carbocycles. The topological polar surface area (TPSA) is 77.8 Å². The molecule has 0 spiro atoms. The Balaban J connectivity index is 1.89. The molecule has 136 valence electrons. The predicted octanol–water partition coefficient (Wildman–Crippen LogP) is 2.99. The van der Waals surface area contributed by atoms with Gasteiger partial charge in [0.1, 0.15) is 5.82 Å². The molecule has 0 fully saturated rings. The number of hydrogen-bond acceptors (Lipinski definition) is 3. The number of aliphatic hydroxyl groups is 1. The molecule has 2 atom stereocenters. The Hall–Kier alpha value is -3.25. The number of carboxylic acid groups (broad SMARTS) is 1. The SMILES string of the molecule is O=C(O)C1=CC(O)C2=C(C1)C(=O)N(c1ccccc1)C2c1ccccc1F. The van der Waals surface area contributed by atoms with Gasteiger partial charge in [0.05, 0.1) is 12.1 Å². The lowest BCUT2D eigenvalue weighted by molar-refractivity contribution is -0.132. The number of benzene rings is 2. The molecule has 27 heavy (non-hydrogen) atoms. The second-order valence-corrected chi connectivity index (χ2v) is 6.49. The van der Waals surface area contributed by atoms with E-state index in [4.69, 9.17) is 0 Å². The van der Waals surface area contributed by atoms with Gasteiger partial charge in [-0.15, -0.1) is 0 Å². The Morgan fingerprint density at radius 1 is 1.07 bits per heavy atom. The molecule has 5 nitrogen and oxygen atoms in total. The van der Waals surface area contributed by atoms with Gasteiger partial charge in [0.25, 0.3) is 5.91 Å². The molecule has 2 aromatic rings. The van der Waals surface area contributed by atoms with Crippen LogP contribution >= 0.6 is 0 Å². The molecular weight excluding hydrogens is 349 g/mol. The number of halogens is 1. The van der Waals surface area contributed by atoms with E-state index >= 15 is 0 Å². The fraction of sp³-hybridized carbons (Fsp3) is 0.143. The van der Waals surface area contributed by atoms with Crippen molar-refractivity contribution < 1.29 is 24.2 Å². The predicted molar refractivity (Wildman–Crippen MR) is 96.4 cm³/mol. The lowest BCUT2D eigenvalue weighted by Crippen LogP contribution is -2.31. The van der Waals surface area contributed by atoms with Crippen molar-refractivity contribution in [2.45, 2.75) is 18.6 Å². The second kappa shape index (κ2) is 6.48. The van der Waals surface area contributed by atoms with Crippen LogP contribution in [0.5, 0.6) is 0 Å². The zero-order chi connectivity index (χ0) is 19.1. The molecule has 0 bridgehead atoms. The molecule has 0 saturated heterocycles. The van der Waals surface area contributed by atoms with Gasteiger partial charge in [0.2, 0.25) is 0 Å². The van der Waals surface area contributed by atoms with Gasteiger partial charge in [0, 0.05) is 28.8 Å². The highest BCUT2D eigenvalue weighted by atomic mass is 19.1. The zero-order valence-electron chi connectivity index (χ0n) is 14.2. The van der Waals surface area contributed by atoms with E-state index < -0.39 is 29.8 Å². The van der Waals surface area contributed by atoms with Crippen LogP contribution < -0.4 is 4.90 Å². The summed E-state index contributed by atoms with van der Waals surface area (Å²) in [7, 11) is 0. The van der Waals surface area contributed by atoms with Gasteiger partial charge in [-0.3, -0.25) is 9.69 Å². The van der Waals surface area contributed by atoms with Crippen LogP contribution in [0.1, 0.15) is 18.0 Å². The number of hydrogen-bond donors (Lipinski definition) is 2. The first-order chi connectivity index (χ1) is 13.0. The van der Waals surface area contributed by atoms with E-state index in [0.717, 1.165) is 0 Å². The van der Waals surface area contributed by atoms with Crippen LogP contribution in [-0.4, -0.2) is 28.2 Å². The van der Waals surface area contributed by atoms with Crippen LogP contribution in [0.4, 0.5) is 10.1 Å². The molecule has 2 N–H and O–H groups in total. The van der Waals surface area contributed by atoms with Gasteiger partial charge in [-0.05, 0) is 29.8 Å². The summed E-state index contributed by atoms with van der Waals surface area (Å²) in [5.41, 5.74) is 1.30. The normalized spacial score (nSPS) is 21.9. The van der Waals surface area contributed by atoms with E-state index in [1.165, 1.54) is 17.0 Å². The van der Waals surface area contributed by atoms with E-state index in [0.29, 0.717) is 11.3 Å². The number of nitrogens with zero attached hydrogens (tertiary/aromatic N) is 1. The first-order valence-corrected chi connectivity index (χ1v) is 8.47. The lowest BCUT2D eigenvalue weighted by Gasteiger charge is -2.29. The summed E-state index contributed by atoms with van der Waals surface area (Å²) < 4.78 is 14.6. The molecule has 0 aromatic heterocycles. The third-order valence-corrected chi connectivity index (χ3v) is 4.93. The van der Waals surface area contributed by atoms with Gasteiger partial charge in [-0.2, -0.15) is 0 Å². The number of aliphatic hydroxyl groups excluding tert-OH is 1. The Morgan fingerprint density at radius 2 is 1.74 bits per heavy atom. The number of carbonyl (C=O) groups excluding carboxylic acids is 1. The van der Waals surface area contributed by atoms with Crippen molar-refractivity contribution in [1.82, 2.24) is 0 Å². The van der Waals surface area contributed by atoms with Gasteiger partial charge in [0.15, 0.2) is 0 Å². The summed E-state index contributed by atoms with van der Waals surface area (Å²) in [5.74, 6) is -2.10. The quantitative estimate of drug-likeness (QED) is 0.877. The Morgan fingerprint density at radius 3 is 2.41 bits per heavy atom. The Labute approximate surface area is 154 Å². The molecule has 2 aliphatic rings. The van der Waals surface area contributed by atoms with E-state index in [2.05, 4.69) is 0 Å². The number of anilines is 1. The van der Waals surface area contributed by atoms with Crippen molar-refractivity contribution in [3.63, 3.8) is 0 Å². The minimum Gasteiger partial charge on any atom is -0.478 e. The highest BCUT2D eigenvalue weighted by Gasteiger charge is 2.46. The molecule has 4 rings (SSSR count). The van der Waals surface area contributed by atoms with Crippen molar-refractivity contribution in [2.24, 2.45) is 0 Å². The number of amides is 1. The zero-order valence-corrected chi connectivity index (χ0v) is 14.2. The first-order valence-electron chi connectivity index (χ1n) is 8.47. The fourth-order valence-corrected chi connectivity index (χ4v) is 3.74. The third-order valence-electron chi connectivity index (χ3n) is 4.93. The summed E-state index contributed by atoms with van der Waals surface area (Å²) in [5, 5.41) is 19.9. The maximum Gasteiger partial charge on any atom is 0.331 e. The Bertz CT molecular complexity index is 996. The summed E-state index contributed by atoms with van der Waals surface area (Å²) in [4.78, 5) is 26.0. The number of aliphatic carboxylic acids is 1. The molecule has 6 heteroatoms. The van der Waals surface area contributed by atoms with E-state index in [1.807, 2.05) is 0 Å². The molecule has 1 heterocycles. The monoisotopic (exact) mass is 365 g/mol. The van der Waals surface area contributed by atoms with Crippen LogP contribution in [0.2, 0.25) is 0 Å². The largest absolute Gasteiger partial charge is 0.478 e. The summed E-state index contributed by atoms with van der Waals surface area (Å²) >= 11 is 0. The fourth-order valence-electron chi connectivity index (χ4n) is 3.74. The highest BCUT2D eigenvalue weighted by Crippen LogP contribution is 2.46. The van der Waals surface area contributed by atoms with Crippen molar-refractivity contribution in [2.75, 3.05) is 4.90 Å². The van der Waals surface area contributed by atoms with E-state index in [-0.39, 0.29) is 23.1 Å². The number of carboxylic acids is 1. The van der Waals surface area contributed by atoms with Gasteiger partial charge in [-0.1, -0.05) is 36.4 Å². The molecular formula is C21H16FNO4. The lowest BCUT2D eigenvalue weighted by atomic mass is 9.86. The van der Waals surface area contributed by atoms with Crippen LogP contribution in [0, 0.1) is 5.82 Å². The third kappa shape index (κ3) is 2.74. The molecule has 0 radical (unpaired) electrons. The highest BCUT2D eigenvalue weighted by molar-refractivity contribution is 6.12. The number of para-hydroxylation sites is 1. The molecule has 1 amide bonds. The molecule has 0 saturated carbocycles. The van der Waals surface area contributed by atoms with E-state index in [1.54, 1.807) is 48.5 Å². The summed E-state index contributed by atoms with van der Waals surface area (Å²) in [6.07, 6.45) is -0.159. The van der Waals surface area contributed by atoms with Crippen molar-refractivity contribution in [1.29, 1.82) is 0 Å². The Kier molecular flexibility index (Phi) is 4.12. The van der Waals surface area contributed by atoms with Gasteiger partial charge >= 0.3 is 5.97 Å². The summed E-state index contributed by atoms with van der Waals surface area (Å²) in [6, 6.07) is 14.0. The average molecular weight is 365 g/mol. The van der Waals surface area contributed by atoms with Crippen molar-refractivity contribution in [3.8, 4) is 0 Å². The van der Waals surface area contributed by atoms with Crippen molar-refractivity contribution in [3.05, 3.63) is 88.8 Å². The van der Waals surface area contributed by atoms with Crippen molar-refractivity contribution >= 4 is 17.6 Å². The molecule has 2 unspecified atom stereocenters. The van der Waals surface area contributed by atoms with Crippen LogP contribution in [0.3, 0.4) is 0 Å². The van der Waals surface area contributed by atoms with Crippen LogP contribution in [0.25, 0.3) is 0 Å². The van der Waals surface area contributed by atoms with Crippen LogP contribution in [-0.2, 0) is 9.59 Å². The summed E-state index contributed by atoms with van der Waals surface area (Å²) in [6.45, 7) is 0.